The van der Waals surface area contributed by atoms with Gasteiger partial charge >= 0.3 is 0 Å². The Morgan fingerprint density at radius 1 is 1.28 bits per heavy atom. The number of rotatable bonds is 4. The number of anilines is 1. The summed E-state index contributed by atoms with van der Waals surface area (Å²) in [6.07, 6.45) is 5.06. The number of thiazole rings is 1. The Hall–Kier alpha value is -2.75. The van der Waals surface area contributed by atoms with Gasteiger partial charge in [0.05, 0.1) is 38.7 Å². The van der Waals surface area contributed by atoms with Crippen molar-refractivity contribution >= 4 is 38.3 Å². The van der Waals surface area contributed by atoms with Crippen LogP contribution in [0.4, 0.5) is 5.69 Å². The maximum absolute atomic E-state index is 13.2. The molecule has 2 aliphatic rings. The number of hydrogen-bond acceptors (Lipinski definition) is 7. The van der Waals surface area contributed by atoms with Crippen molar-refractivity contribution in [1.29, 1.82) is 0 Å². The highest BCUT2D eigenvalue weighted by atomic mass is 32.1. The predicted molar refractivity (Wildman–Crippen MR) is 145 cm³/mol. The fourth-order valence-corrected chi connectivity index (χ4v) is 6.51. The van der Waals surface area contributed by atoms with E-state index < -0.39 is 0 Å². The molecule has 5 heterocycles. The molecule has 4 atom stereocenters. The lowest BCUT2D eigenvalue weighted by Gasteiger charge is -2.52. The summed E-state index contributed by atoms with van der Waals surface area (Å²) in [6, 6.07) is 8.65. The van der Waals surface area contributed by atoms with Crippen molar-refractivity contribution in [1.82, 2.24) is 24.6 Å². The molecule has 0 amide bonds. The highest BCUT2D eigenvalue weighted by Crippen LogP contribution is 2.41. The van der Waals surface area contributed by atoms with Gasteiger partial charge in [0.25, 0.3) is 5.56 Å². The van der Waals surface area contributed by atoms with Gasteiger partial charge in [-0.1, -0.05) is 13.0 Å². The minimum atomic E-state index is -0.269. The van der Waals surface area contributed by atoms with Gasteiger partial charge in [-0.25, -0.2) is 9.67 Å². The summed E-state index contributed by atoms with van der Waals surface area (Å²) < 4.78 is 10.9. The molecule has 2 aliphatic heterocycles. The van der Waals surface area contributed by atoms with E-state index in [0.29, 0.717) is 0 Å². The summed E-state index contributed by atoms with van der Waals surface area (Å²) in [4.78, 5) is 20.1. The summed E-state index contributed by atoms with van der Waals surface area (Å²) in [5.74, 6) is 0.201. The Kier molecular flexibility index (Phi) is 5.89. The second-order valence-electron chi connectivity index (χ2n) is 10.6. The zero-order valence-corrected chi connectivity index (χ0v) is 22.2. The second kappa shape index (κ2) is 8.97. The molecule has 2 fully saturated rings. The third kappa shape index (κ3) is 3.84. The fourth-order valence-electron chi connectivity index (χ4n) is 5.78. The molecule has 36 heavy (non-hydrogen) atoms. The third-order valence-electron chi connectivity index (χ3n) is 8.32. The van der Waals surface area contributed by atoms with E-state index in [1.54, 1.807) is 22.0 Å². The van der Waals surface area contributed by atoms with Crippen LogP contribution >= 0.6 is 11.3 Å². The van der Waals surface area contributed by atoms with Gasteiger partial charge in [-0.2, -0.15) is 5.10 Å². The molecule has 0 radical (unpaired) electrons. The van der Waals surface area contributed by atoms with Crippen LogP contribution < -0.4 is 15.8 Å². The van der Waals surface area contributed by atoms with Crippen LogP contribution in [0.5, 0.6) is 0 Å². The largest absolute Gasteiger partial charge is 0.361 e. The van der Waals surface area contributed by atoms with Gasteiger partial charge in [0, 0.05) is 44.8 Å². The molecule has 8 nitrogen and oxygen atoms in total. The van der Waals surface area contributed by atoms with Gasteiger partial charge in [-0.3, -0.25) is 4.79 Å². The zero-order chi connectivity index (χ0) is 25.0. The Morgan fingerprint density at radius 2 is 2.14 bits per heavy atom. The van der Waals surface area contributed by atoms with Gasteiger partial charge in [0.1, 0.15) is 11.7 Å². The lowest BCUT2D eigenvalue weighted by atomic mass is 9.78. The molecule has 6 rings (SSSR count). The number of ether oxygens (including phenoxy) is 1. The maximum Gasteiger partial charge on any atom is 0.252 e. The fraction of sp³-hybridized carbons (Fsp3) is 0.519. The molecule has 0 spiro atoms. The number of pyridine rings is 1. The van der Waals surface area contributed by atoms with Gasteiger partial charge in [0.15, 0.2) is 0 Å². The zero-order valence-electron chi connectivity index (χ0n) is 21.4. The first-order valence-corrected chi connectivity index (χ1v) is 13.8. The van der Waals surface area contributed by atoms with E-state index in [4.69, 9.17) is 9.84 Å². The van der Waals surface area contributed by atoms with Crippen LogP contribution in [-0.4, -0.2) is 50.6 Å². The van der Waals surface area contributed by atoms with Gasteiger partial charge < -0.3 is 19.5 Å². The quantitative estimate of drug-likeness (QED) is 0.442. The van der Waals surface area contributed by atoms with Crippen molar-refractivity contribution in [3.63, 3.8) is 0 Å². The summed E-state index contributed by atoms with van der Waals surface area (Å²) in [6.45, 7) is 9.14. The van der Waals surface area contributed by atoms with E-state index in [2.05, 4.69) is 54.2 Å². The Labute approximate surface area is 214 Å². The first-order chi connectivity index (χ1) is 17.3. The van der Waals surface area contributed by atoms with Gasteiger partial charge in [-0.15, -0.1) is 11.3 Å². The lowest BCUT2D eigenvalue weighted by Crippen LogP contribution is -2.65. The van der Waals surface area contributed by atoms with E-state index in [-0.39, 0.29) is 29.3 Å². The number of hydrogen-bond donors (Lipinski definition) is 1. The lowest BCUT2D eigenvalue weighted by molar-refractivity contribution is -0.0390. The highest BCUT2D eigenvalue weighted by molar-refractivity contribution is 7.16. The number of fused-ring (bicyclic) bond motifs is 2. The van der Waals surface area contributed by atoms with Crippen molar-refractivity contribution in [2.24, 2.45) is 7.05 Å². The molecular weight excluding hydrogens is 472 g/mol. The molecule has 1 N–H and O–H groups in total. The van der Waals surface area contributed by atoms with Gasteiger partial charge in [0.2, 0.25) is 0 Å². The van der Waals surface area contributed by atoms with Crippen molar-refractivity contribution in [3.8, 4) is 0 Å². The smallest absolute Gasteiger partial charge is 0.252 e. The van der Waals surface area contributed by atoms with Crippen LogP contribution in [0.15, 0.2) is 40.8 Å². The predicted octanol–water partition coefficient (Wildman–Crippen LogP) is 4.40. The molecule has 2 unspecified atom stereocenters. The van der Waals surface area contributed by atoms with Crippen molar-refractivity contribution in [2.45, 2.75) is 63.8 Å². The number of piperazine rings is 1. The van der Waals surface area contributed by atoms with E-state index >= 15 is 0 Å². The minimum absolute atomic E-state index is 0.0196. The molecular formula is C27H34N6O2S. The van der Waals surface area contributed by atoms with Crippen LogP contribution in [0, 0.1) is 0 Å². The normalized spacial score (nSPS) is 26.1. The molecule has 9 heteroatoms. The van der Waals surface area contributed by atoms with Crippen LogP contribution in [0.25, 0.3) is 21.3 Å². The molecule has 0 bridgehead atoms. The van der Waals surface area contributed by atoms with E-state index in [0.717, 1.165) is 61.2 Å². The van der Waals surface area contributed by atoms with Crippen molar-refractivity contribution < 1.29 is 4.74 Å². The number of aromatic nitrogens is 4. The number of aryl methyl sites for hydroxylation is 1. The van der Waals surface area contributed by atoms with E-state index in [1.807, 2.05) is 23.4 Å². The van der Waals surface area contributed by atoms with Gasteiger partial charge in [-0.05, 0) is 50.8 Å². The SMILES string of the molecule is CC(c1ccc2ncsc2c1)[C@@]1(C)CN[C@H](C)CN1c1cc(=O)n(C)c2cn(C3CCCCO3)nc12. The summed E-state index contributed by atoms with van der Waals surface area (Å²) in [5.41, 5.74) is 6.54. The van der Waals surface area contributed by atoms with Crippen molar-refractivity contribution in [2.75, 3.05) is 24.6 Å². The van der Waals surface area contributed by atoms with Crippen molar-refractivity contribution in [3.05, 3.63) is 51.9 Å². The molecule has 3 aromatic heterocycles. The van der Waals surface area contributed by atoms with Crippen LogP contribution in [0.2, 0.25) is 0 Å². The summed E-state index contributed by atoms with van der Waals surface area (Å²) >= 11 is 1.67. The van der Waals surface area contributed by atoms with E-state index in [9.17, 15) is 4.79 Å². The summed E-state index contributed by atoms with van der Waals surface area (Å²) in [5, 5.41) is 8.74. The standard InChI is InChI=1S/C27H34N6O2S/c1-17-13-32(27(3,15-28-17)18(2)19-8-9-20-23(11-19)36-16-29-20)21-12-24(34)31(4)22-14-33(30-26(21)22)25-7-5-6-10-35-25/h8-9,11-12,14,16-18,25,28H,5-7,10,13,15H2,1-4H3/t17-,18?,25?,27-/m1/s1. The average molecular weight is 507 g/mol. The second-order valence-corrected chi connectivity index (χ2v) is 11.5. The first-order valence-electron chi connectivity index (χ1n) is 12.9. The number of nitrogens with one attached hydrogen (secondary N) is 1. The molecule has 2 saturated heterocycles. The molecule has 0 saturated carbocycles. The Bertz CT molecular complexity index is 1470. The monoisotopic (exact) mass is 506 g/mol. The van der Waals surface area contributed by atoms with Crippen LogP contribution in [0.3, 0.4) is 0 Å². The highest BCUT2D eigenvalue weighted by Gasteiger charge is 2.43. The molecule has 4 aromatic rings. The average Bonchev–Trinajstić information content (AvgIpc) is 3.55. The number of nitrogens with zero attached hydrogens (tertiary/aromatic N) is 5. The minimum Gasteiger partial charge on any atom is -0.361 e. The molecule has 0 aliphatic carbocycles. The molecule has 190 valence electrons. The Balaban J connectivity index is 1.47. The topological polar surface area (TPSA) is 77.2 Å². The third-order valence-corrected chi connectivity index (χ3v) is 9.11. The van der Waals surface area contributed by atoms with Crippen LogP contribution in [0.1, 0.15) is 57.7 Å². The summed E-state index contributed by atoms with van der Waals surface area (Å²) in [7, 11) is 1.83. The number of benzene rings is 1. The first kappa shape index (κ1) is 23.6. The maximum atomic E-state index is 13.2. The molecule has 1 aromatic carbocycles. The van der Waals surface area contributed by atoms with Crippen LogP contribution in [-0.2, 0) is 11.8 Å². The van der Waals surface area contributed by atoms with E-state index in [1.165, 1.54) is 10.3 Å². The Morgan fingerprint density at radius 3 is 2.94 bits per heavy atom.